The number of urea groups is 1. The minimum absolute atomic E-state index is 0.0149. The van der Waals surface area contributed by atoms with Crippen LogP contribution in [0.15, 0.2) is 12.1 Å². The fourth-order valence-corrected chi connectivity index (χ4v) is 1.41. The van der Waals surface area contributed by atoms with E-state index >= 15 is 0 Å². The van der Waals surface area contributed by atoms with Crippen LogP contribution in [0, 0.1) is 5.82 Å². The van der Waals surface area contributed by atoms with Crippen molar-refractivity contribution in [3.8, 4) is 0 Å². The van der Waals surface area contributed by atoms with Crippen LogP contribution >= 0.6 is 11.6 Å². The lowest BCUT2D eigenvalue weighted by atomic mass is 10.2. The van der Waals surface area contributed by atoms with Crippen LogP contribution in [0.25, 0.3) is 0 Å². The van der Waals surface area contributed by atoms with Crippen molar-refractivity contribution in [3.05, 3.63) is 23.0 Å². The number of nitrogens with one attached hydrogen (secondary N) is 2. The van der Waals surface area contributed by atoms with E-state index < -0.39 is 5.82 Å². The van der Waals surface area contributed by atoms with Gasteiger partial charge in [0.2, 0.25) is 0 Å². The van der Waals surface area contributed by atoms with Crippen molar-refractivity contribution < 1.29 is 9.18 Å². The summed E-state index contributed by atoms with van der Waals surface area (Å²) in [4.78, 5) is 12.6. The fraction of sp³-hybridized carbons (Fsp3) is 0.364. The van der Waals surface area contributed by atoms with E-state index in [-0.39, 0.29) is 11.1 Å². The average Bonchev–Trinajstić information content (AvgIpc) is 2.30. The first-order chi connectivity index (χ1) is 8.41. The molecule has 0 spiro atoms. The third kappa shape index (κ3) is 3.96. The van der Waals surface area contributed by atoms with Gasteiger partial charge >= 0.3 is 6.03 Å². The Hall–Kier alpha value is -1.69. The summed E-state index contributed by atoms with van der Waals surface area (Å²) in [6.45, 7) is 0.839. The molecule has 7 heteroatoms. The molecule has 18 heavy (non-hydrogen) atoms. The summed E-state index contributed by atoms with van der Waals surface area (Å²) in [5, 5.41) is 5.57. The molecule has 0 unspecified atom stereocenters. The van der Waals surface area contributed by atoms with E-state index in [4.69, 9.17) is 17.3 Å². The second-order valence-electron chi connectivity index (χ2n) is 3.91. The van der Waals surface area contributed by atoms with Gasteiger partial charge in [0.15, 0.2) is 0 Å². The Kier molecular flexibility index (Phi) is 5.03. The number of halogens is 2. The number of carbonyl (C=O) groups is 1. The summed E-state index contributed by atoms with van der Waals surface area (Å²) in [6.07, 6.45) is 0. The van der Waals surface area contributed by atoms with Gasteiger partial charge in [-0.3, -0.25) is 0 Å². The van der Waals surface area contributed by atoms with Gasteiger partial charge < -0.3 is 21.3 Å². The molecule has 0 saturated heterocycles. The topological polar surface area (TPSA) is 70.4 Å². The van der Waals surface area contributed by atoms with E-state index in [1.165, 1.54) is 17.0 Å². The standard InChI is InChI=1S/C11H16ClFN4O/c1-17(2)11(18)16-4-3-15-10-6-8(13)7(12)5-9(10)14/h5-6,15H,3-4,14H2,1-2H3,(H,16,18). The van der Waals surface area contributed by atoms with Crippen LogP contribution in [0.4, 0.5) is 20.6 Å². The van der Waals surface area contributed by atoms with E-state index in [2.05, 4.69) is 10.6 Å². The Labute approximate surface area is 110 Å². The van der Waals surface area contributed by atoms with Crippen molar-refractivity contribution in [2.24, 2.45) is 0 Å². The molecule has 0 aromatic heterocycles. The Morgan fingerprint density at radius 2 is 2.11 bits per heavy atom. The number of nitrogens with two attached hydrogens (primary N) is 1. The summed E-state index contributed by atoms with van der Waals surface area (Å²) in [5.41, 5.74) is 6.49. The van der Waals surface area contributed by atoms with Gasteiger partial charge in [0, 0.05) is 33.3 Å². The highest BCUT2D eigenvalue weighted by molar-refractivity contribution is 6.31. The number of rotatable bonds is 4. The normalized spacial score (nSPS) is 10.0. The zero-order valence-electron chi connectivity index (χ0n) is 10.3. The van der Waals surface area contributed by atoms with Crippen molar-refractivity contribution in [1.82, 2.24) is 10.2 Å². The van der Waals surface area contributed by atoms with Crippen LogP contribution in [-0.2, 0) is 0 Å². The third-order valence-corrected chi connectivity index (χ3v) is 2.50. The quantitative estimate of drug-likeness (QED) is 0.579. The second-order valence-corrected chi connectivity index (χ2v) is 4.31. The van der Waals surface area contributed by atoms with E-state index in [0.717, 1.165) is 0 Å². The first-order valence-electron chi connectivity index (χ1n) is 5.35. The lowest BCUT2D eigenvalue weighted by molar-refractivity contribution is 0.218. The molecular formula is C11H16ClFN4O. The number of anilines is 2. The number of nitrogens with zero attached hydrogens (tertiary/aromatic N) is 1. The molecule has 0 aliphatic heterocycles. The van der Waals surface area contributed by atoms with Crippen LogP contribution in [-0.4, -0.2) is 38.1 Å². The summed E-state index contributed by atoms with van der Waals surface area (Å²) >= 11 is 5.58. The zero-order valence-corrected chi connectivity index (χ0v) is 11.0. The van der Waals surface area contributed by atoms with Crippen molar-refractivity contribution in [3.63, 3.8) is 0 Å². The Balaban J connectivity index is 2.45. The molecule has 0 radical (unpaired) electrons. The lowest BCUT2D eigenvalue weighted by Crippen LogP contribution is -2.37. The van der Waals surface area contributed by atoms with Crippen LogP contribution in [0.2, 0.25) is 5.02 Å². The SMILES string of the molecule is CN(C)C(=O)NCCNc1cc(F)c(Cl)cc1N. The van der Waals surface area contributed by atoms with Crippen molar-refractivity contribution in [1.29, 1.82) is 0 Å². The Morgan fingerprint density at radius 1 is 1.44 bits per heavy atom. The summed E-state index contributed by atoms with van der Waals surface area (Å²) < 4.78 is 13.2. The fourth-order valence-electron chi connectivity index (χ4n) is 1.24. The second kappa shape index (κ2) is 6.30. The summed E-state index contributed by atoms with van der Waals surface area (Å²) in [6, 6.07) is 2.38. The van der Waals surface area contributed by atoms with Crippen molar-refractivity contribution in [2.45, 2.75) is 0 Å². The van der Waals surface area contributed by atoms with Crippen molar-refractivity contribution in [2.75, 3.05) is 38.2 Å². The highest BCUT2D eigenvalue weighted by Gasteiger charge is 2.06. The highest BCUT2D eigenvalue weighted by Crippen LogP contribution is 2.25. The van der Waals surface area contributed by atoms with E-state index in [0.29, 0.717) is 24.5 Å². The smallest absolute Gasteiger partial charge is 0.316 e. The van der Waals surface area contributed by atoms with Crippen LogP contribution in [0.3, 0.4) is 0 Å². The first-order valence-corrected chi connectivity index (χ1v) is 5.73. The van der Waals surface area contributed by atoms with Gasteiger partial charge in [0.1, 0.15) is 5.82 Å². The molecule has 4 N–H and O–H groups in total. The molecule has 0 bridgehead atoms. The largest absolute Gasteiger partial charge is 0.397 e. The molecular weight excluding hydrogens is 259 g/mol. The maximum absolute atomic E-state index is 13.2. The Bertz CT molecular complexity index is 439. The zero-order chi connectivity index (χ0) is 13.7. The molecule has 5 nitrogen and oxygen atoms in total. The molecule has 2 amide bonds. The van der Waals surface area contributed by atoms with Gasteiger partial charge in [-0.2, -0.15) is 0 Å². The molecule has 100 valence electrons. The summed E-state index contributed by atoms with van der Waals surface area (Å²) in [7, 11) is 3.30. The maximum atomic E-state index is 13.2. The number of carbonyl (C=O) groups excluding carboxylic acids is 1. The molecule has 0 aliphatic carbocycles. The number of benzene rings is 1. The van der Waals surface area contributed by atoms with Gasteiger partial charge in [-0.05, 0) is 6.07 Å². The number of nitrogen functional groups attached to an aromatic ring is 1. The monoisotopic (exact) mass is 274 g/mol. The van der Waals surface area contributed by atoms with Crippen LogP contribution in [0.5, 0.6) is 0 Å². The van der Waals surface area contributed by atoms with Gasteiger partial charge in [-0.25, -0.2) is 9.18 Å². The van der Waals surface area contributed by atoms with Gasteiger partial charge in [-0.15, -0.1) is 0 Å². The van der Waals surface area contributed by atoms with Crippen molar-refractivity contribution >= 4 is 29.0 Å². The number of hydrogen-bond donors (Lipinski definition) is 3. The molecule has 1 rings (SSSR count). The van der Waals surface area contributed by atoms with Gasteiger partial charge in [0.25, 0.3) is 0 Å². The summed E-state index contributed by atoms with van der Waals surface area (Å²) in [5.74, 6) is -0.536. The predicted octanol–water partition coefficient (Wildman–Crippen LogP) is 1.74. The van der Waals surface area contributed by atoms with Crippen LogP contribution < -0.4 is 16.4 Å². The number of amides is 2. The molecule has 1 aromatic rings. The minimum atomic E-state index is -0.536. The average molecular weight is 275 g/mol. The molecule has 0 aliphatic rings. The lowest BCUT2D eigenvalue weighted by Gasteiger charge is -2.13. The van der Waals surface area contributed by atoms with E-state index in [1.54, 1.807) is 14.1 Å². The maximum Gasteiger partial charge on any atom is 0.316 e. The molecule has 0 atom stereocenters. The predicted molar refractivity (Wildman–Crippen MR) is 71.4 cm³/mol. The van der Waals surface area contributed by atoms with Gasteiger partial charge in [-0.1, -0.05) is 11.6 Å². The number of hydrogen-bond acceptors (Lipinski definition) is 3. The van der Waals surface area contributed by atoms with E-state index in [1.807, 2.05) is 0 Å². The molecule has 0 heterocycles. The minimum Gasteiger partial charge on any atom is -0.397 e. The molecule has 1 aromatic carbocycles. The van der Waals surface area contributed by atoms with Gasteiger partial charge in [0.05, 0.1) is 16.4 Å². The molecule has 0 fully saturated rings. The first kappa shape index (κ1) is 14.4. The molecule has 0 saturated carbocycles. The highest BCUT2D eigenvalue weighted by atomic mass is 35.5. The van der Waals surface area contributed by atoms with Crippen LogP contribution in [0.1, 0.15) is 0 Å². The van der Waals surface area contributed by atoms with E-state index in [9.17, 15) is 9.18 Å². The third-order valence-electron chi connectivity index (χ3n) is 2.22. The Morgan fingerprint density at radius 3 is 2.72 bits per heavy atom.